The van der Waals surface area contributed by atoms with Crippen LogP contribution in [-0.2, 0) is 9.53 Å². The summed E-state index contributed by atoms with van der Waals surface area (Å²) >= 11 is 3.62. The Morgan fingerprint density at radius 1 is 1.03 bits per heavy atom. The molecule has 4 aromatic heterocycles. The highest BCUT2D eigenvalue weighted by Crippen LogP contribution is 2.42. The van der Waals surface area contributed by atoms with Crippen molar-refractivity contribution < 1.29 is 14.3 Å². The molecule has 6 aromatic rings. The molecule has 5 heterocycles. The van der Waals surface area contributed by atoms with Crippen LogP contribution in [0.3, 0.4) is 0 Å². The van der Waals surface area contributed by atoms with E-state index in [1.165, 1.54) is 37.2 Å². The van der Waals surface area contributed by atoms with Crippen LogP contribution in [0.4, 0.5) is 4.79 Å². The number of nitrogens with zero attached hydrogens (tertiary/aromatic N) is 2. The van der Waals surface area contributed by atoms with Gasteiger partial charge in [-0.1, -0.05) is 12.1 Å². The summed E-state index contributed by atoms with van der Waals surface area (Å²) in [6.07, 6.45) is 3.08. The molecule has 10 heteroatoms. The maximum absolute atomic E-state index is 12.7. The predicted molar refractivity (Wildman–Crippen MR) is 156 cm³/mol. The smallest absolute Gasteiger partial charge is 0.407 e. The summed E-state index contributed by atoms with van der Waals surface area (Å²) in [4.78, 5) is 39.9. The van der Waals surface area contributed by atoms with Gasteiger partial charge in [0.2, 0.25) is 5.91 Å². The maximum Gasteiger partial charge on any atom is 0.407 e. The number of likely N-dealkylation sites (tertiary alicyclic amines) is 1. The van der Waals surface area contributed by atoms with Gasteiger partial charge in [-0.15, -0.1) is 22.7 Å². The lowest BCUT2D eigenvalue weighted by Gasteiger charge is -2.23. The summed E-state index contributed by atoms with van der Waals surface area (Å²) in [6.45, 7) is 0.549. The molecular formula is C29H25N5O3S2. The summed E-state index contributed by atoms with van der Waals surface area (Å²) < 4.78 is 7.14. The molecule has 0 spiro atoms. The van der Waals surface area contributed by atoms with Crippen molar-refractivity contribution in [2.24, 2.45) is 0 Å². The first kappa shape index (κ1) is 23.9. The highest BCUT2D eigenvalue weighted by atomic mass is 32.1. The molecule has 1 fully saturated rings. The third-order valence-electron chi connectivity index (χ3n) is 7.29. The fourth-order valence-corrected chi connectivity index (χ4v) is 7.73. The van der Waals surface area contributed by atoms with Gasteiger partial charge in [-0.25, -0.2) is 9.78 Å². The van der Waals surface area contributed by atoms with Gasteiger partial charge in [0.25, 0.3) is 0 Å². The van der Waals surface area contributed by atoms with E-state index in [1.807, 2.05) is 23.6 Å². The second-order valence-corrected chi connectivity index (χ2v) is 11.8. The molecule has 8 nitrogen and oxygen atoms in total. The number of thiophene rings is 2. The number of aromatic nitrogens is 3. The van der Waals surface area contributed by atoms with Crippen molar-refractivity contribution in [3.05, 3.63) is 66.6 Å². The zero-order valence-electron chi connectivity index (χ0n) is 21.1. The number of H-pyrrole nitrogens is 2. The van der Waals surface area contributed by atoms with Crippen molar-refractivity contribution in [3.63, 3.8) is 0 Å². The molecule has 0 bridgehead atoms. The fourth-order valence-electron chi connectivity index (χ4n) is 5.34. The minimum Gasteiger partial charge on any atom is -0.453 e. The van der Waals surface area contributed by atoms with Crippen LogP contribution >= 0.6 is 22.7 Å². The Kier molecular flexibility index (Phi) is 5.86. The van der Waals surface area contributed by atoms with Gasteiger partial charge < -0.3 is 24.9 Å². The predicted octanol–water partition coefficient (Wildman–Crippen LogP) is 6.67. The van der Waals surface area contributed by atoms with Crippen LogP contribution in [0.5, 0.6) is 0 Å². The molecule has 2 aromatic carbocycles. The number of carbonyl (C=O) groups excluding carboxylic acids is 2. The number of rotatable bonds is 5. The maximum atomic E-state index is 12.7. The van der Waals surface area contributed by atoms with Gasteiger partial charge in [-0.2, -0.15) is 0 Å². The molecule has 0 saturated carbocycles. The molecule has 1 saturated heterocycles. The first-order valence-electron chi connectivity index (χ1n) is 12.8. The van der Waals surface area contributed by atoms with Gasteiger partial charge in [-0.05, 0) is 71.8 Å². The van der Waals surface area contributed by atoms with E-state index in [0.29, 0.717) is 6.54 Å². The summed E-state index contributed by atoms with van der Waals surface area (Å²) in [5.74, 6) is 0.636. The lowest BCUT2D eigenvalue weighted by molar-refractivity contribution is -0.131. The quantitative estimate of drug-likeness (QED) is 0.221. The summed E-state index contributed by atoms with van der Waals surface area (Å²) in [7, 11) is 1.28. The number of carbonyl (C=O) groups is 2. The summed E-state index contributed by atoms with van der Waals surface area (Å²) in [6, 6.07) is 19.4. The van der Waals surface area contributed by atoms with Crippen LogP contribution in [0.15, 0.2) is 60.8 Å². The van der Waals surface area contributed by atoms with Crippen molar-refractivity contribution in [2.45, 2.75) is 18.9 Å². The first-order chi connectivity index (χ1) is 19.1. The number of nitrogens with one attached hydrogen (secondary N) is 3. The number of fused-ring (bicyclic) bond motifs is 3. The van der Waals surface area contributed by atoms with Crippen LogP contribution < -0.4 is 5.32 Å². The Bertz CT molecular complexity index is 1830. The molecule has 196 valence electrons. The van der Waals surface area contributed by atoms with E-state index in [4.69, 9.17) is 4.98 Å². The third-order valence-corrected chi connectivity index (χ3v) is 9.68. The van der Waals surface area contributed by atoms with Crippen molar-refractivity contribution in [2.75, 3.05) is 20.2 Å². The number of methoxy groups -OCH3 is 1. The van der Waals surface area contributed by atoms with Gasteiger partial charge in [0.1, 0.15) is 12.4 Å². The van der Waals surface area contributed by atoms with Gasteiger partial charge in [0.05, 0.1) is 24.2 Å². The van der Waals surface area contributed by atoms with Crippen LogP contribution in [-0.4, -0.2) is 52.1 Å². The Morgan fingerprint density at radius 3 is 2.59 bits per heavy atom. The van der Waals surface area contributed by atoms with Crippen molar-refractivity contribution in [3.8, 4) is 20.9 Å². The Hall–Kier alpha value is -4.15. The third kappa shape index (κ3) is 4.35. The fraction of sp³-hybridized carbons (Fsp3) is 0.207. The zero-order valence-corrected chi connectivity index (χ0v) is 22.7. The highest BCUT2D eigenvalue weighted by molar-refractivity contribution is 7.31. The van der Waals surface area contributed by atoms with E-state index < -0.39 is 6.09 Å². The first-order valence-corrected chi connectivity index (χ1v) is 14.4. The molecule has 0 aliphatic carbocycles. The average Bonchev–Trinajstić information content (AvgIpc) is 3.76. The lowest BCUT2D eigenvalue weighted by atomic mass is 10.1. The zero-order chi connectivity index (χ0) is 26.5. The molecule has 7 rings (SSSR count). The molecule has 0 radical (unpaired) electrons. The summed E-state index contributed by atoms with van der Waals surface area (Å²) in [5, 5.41) is 3.70. The normalized spacial score (nSPS) is 15.5. The van der Waals surface area contributed by atoms with Crippen molar-refractivity contribution >= 4 is 66.0 Å². The molecule has 1 atom stereocenters. The number of amides is 2. The SMILES string of the molecule is COC(=O)NCC(=O)N1CCC[C@H]1c1nc2ccc(-c3cc4sc(-c5ccc6[nH]ccc6c5)cc4s3)cc2[nH]1. The number of benzene rings is 2. The lowest BCUT2D eigenvalue weighted by Crippen LogP contribution is -2.40. The van der Waals surface area contributed by atoms with Crippen molar-refractivity contribution in [1.82, 2.24) is 25.2 Å². The molecule has 1 aliphatic heterocycles. The average molecular weight is 556 g/mol. The second kappa shape index (κ2) is 9.55. The van der Waals surface area contributed by atoms with Gasteiger partial charge in [0.15, 0.2) is 0 Å². The number of hydrogen-bond acceptors (Lipinski definition) is 6. The van der Waals surface area contributed by atoms with E-state index in [9.17, 15) is 9.59 Å². The Balaban J connectivity index is 1.13. The van der Waals surface area contributed by atoms with E-state index >= 15 is 0 Å². The molecule has 0 unspecified atom stereocenters. The van der Waals surface area contributed by atoms with E-state index in [0.717, 1.165) is 40.8 Å². The monoisotopic (exact) mass is 555 g/mol. The van der Waals surface area contributed by atoms with Crippen LogP contribution in [0.1, 0.15) is 24.7 Å². The standard InChI is InChI=1S/C29H25N5O3S2/c1-37-29(36)31-15-27(35)34-10-2-3-22(34)28-32-20-7-5-18(12-21(20)33-28)24-14-26-25(39-24)13-23(38-26)17-4-6-19-16(11-17)8-9-30-19/h4-9,11-14,22,30H,2-3,10,15H2,1H3,(H,31,36)(H,32,33)/t22-/m0/s1. The molecule has 39 heavy (non-hydrogen) atoms. The molecular weight excluding hydrogens is 530 g/mol. The summed E-state index contributed by atoms with van der Waals surface area (Å²) in [5.41, 5.74) is 5.36. The number of imidazole rings is 1. The minimum absolute atomic E-state index is 0.0918. The van der Waals surface area contributed by atoms with E-state index in [1.54, 1.807) is 16.2 Å². The molecule has 1 aliphatic rings. The largest absolute Gasteiger partial charge is 0.453 e. The van der Waals surface area contributed by atoms with Crippen LogP contribution in [0, 0.1) is 0 Å². The Morgan fingerprint density at radius 2 is 1.79 bits per heavy atom. The van der Waals surface area contributed by atoms with Crippen LogP contribution in [0.2, 0.25) is 0 Å². The topological polar surface area (TPSA) is 103 Å². The van der Waals surface area contributed by atoms with E-state index in [2.05, 4.69) is 68.6 Å². The minimum atomic E-state index is -0.613. The second-order valence-electron chi connectivity index (χ2n) is 9.67. The number of alkyl carbamates (subject to hydrolysis) is 1. The number of aromatic amines is 2. The molecule has 3 N–H and O–H groups in total. The Labute approximate surface area is 231 Å². The van der Waals surface area contributed by atoms with Gasteiger partial charge >= 0.3 is 6.09 Å². The van der Waals surface area contributed by atoms with Crippen molar-refractivity contribution in [1.29, 1.82) is 0 Å². The van der Waals surface area contributed by atoms with Gasteiger partial charge in [-0.3, -0.25) is 4.79 Å². The van der Waals surface area contributed by atoms with Gasteiger partial charge in [0, 0.05) is 37.4 Å². The van der Waals surface area contributed by atoms with Crippen LogP contribution in [0.25, 0.3) is 52.2 Å². The van der Waals surface area contributed by atoms with E-state index in [-0.39, 0.29) is 18.5 Å². The molecule has 2 amide bonds. The highest BCUT2D eigenvalue weighted by Gasteiger charge is 2.32. The number of ether oxygens (including phenoxy) is 1. The number of hydrogen-bond donors (Lipinski definition) is 3.